The summed E-state index contributed by atoms with van der Waals surface area (Å²) in [5.41, 5.74) is 7.06. The minimum atomic E-state index is -0.234. The van der Waals surface area contributed by atoms with E-state index in [1.165, 1.54) is 22.3 Å². The Bertz CT molecular complexity index is 1320. The molecule has 0 spiro atoms. The molecule has 4 aromatic carbocycles. The molecule has 1 aliphatic carbocycles. The maximum absolute atomic E-state index is 10.4. The number of hydrogen-bond donors (Lipinski definition) is 0. The van der Waals surface area contributed by atoms with Gasteiger partial charge in [0.15, 0.2) is 0 Å². The first-order chi connectivity index (χ1) is 16.3. The number of methoxy groups -OCH3 is 1. The third-order valence-corrected chi connectivity index (χ3v) is 6.59. The number of ether oxygens (including phenoxy) is 1. The van der Waals surface area contributed by atoms with Crippen LogP contribution in [0.1, 0.15) is 40.0 Å². The predicted octanol–water partition coefficient (Wildman–Crippen LogP) is 7.56. The highest BCUT2D eigenvalue weighted by atomic mass is 16.5. The van der Waals surface area contributed by atoms with Crippen molar-refractivity contribution in [2.45, 2.75) is 17.8 Å². The van der Waals surface area contributed by atoms with Gasteiger partial charge in [0.05, 0.1) is 19.1 Å². The van der Waals surface area contributed by atoms with Gasteiger partial charge in [-0.15, -0.1) is 0 Å². The Labute approximate surface area is 195 Å². The summed E-state index contributed by atoms with van der Waals surface area (Å²) in [6, 6.07) is 38.2. The summed E-state index contributed by atoms with van der Waals surface area (Å²) in [4.78, 5) is 0. The second kappa shape index (κ2) is 9.18. The third-order valence-electron chi connectivity index (χ3n) is 6.59. The lowest BCUT2D eigenvalue weighted by Gasteiger charge is -2.36. The fourth-order valence-corrected chi connectivity index (χ4v) is 5.01. The molecule has 160 valence electrons. The minimum absolute atomic E-state index is 0.0120. The average Bonchev–Trinajstić information content (AvgIpc) is 2.89. The fourth-order valence-electron chi connectivity index (χ4n) is 5.01. The number of fused-ring (bicyclic) bond motifs is 3. The zero-order valence-corrected chi connectivity index (χ0v) is 18.6. The van der Waals surface area contributed by atoms with Gasteiger partial charge in [0, 0.05) is 11.8 Å². The largest absolute Gasteiger partial charge is 0.497 e. The summed E-state index contributed by atoms with van der Waals surface area (Å²) in [6.07, 6.45) is 4.42. The lowest BCUT2D eigenvalue weighted by molar-refractivity contribution is 0.415. The van der Waals surface area contributed by atoms with Gasteiger partial charge in [-0.05, 0) is 45.5 Å². The smallest absolute Gasteiger partial charge is 0.118 e. The minimum Gasteiger partial charge on any atom is -0.497 e. The van der Waals surface area contributed by atoms with Crippen LogP contribution in [0.2, 0.25) is 0 Å². The lowest BCUT2D eigenvalue weighted by Crippen LogP contribution is -2.22. The van der Waals surface area contributed by atoms with E-state index < -0.39 is 0 Å². The standard InChI is InChI=1S/C31H25NO/c1-33-24-18-15-22(16-19-24)17-20-25(23-9-3-2-4-10-23)31-29-14-8-7-12-27(29)26-11-5-6-13-28(26)30(31)21-32/h2-20,25,30-31H,1H3/b20-17+/t25-,30-,31-/m0/s1. The van der Waals surface area contributed by atoms with Crippen LogP contribution in [0.5, 0.6) is 5.75 Å². The van der Waals surface area contributed by atoms with Crippen molar-refractivity contribution in [2.75, 3.05) is 7.11 Å². The van der Waals surface area contributed by atoms with Crippen molar-refractivity contribution in [3.05, 3.63) is 131 Å². The molecule has 0 heterocycles. The first-order valence-corrected chi connectivity index (χ1v) is 11.2. The van der Waals surface area contributed by atoms with Gasteiger partial charge in [-0.25, -0.2) is 0 Å². The molecule has 0 aromatic heterocycles. The first-order valence-electron chi connectivity index (χ1n) is 11.2. The molecule has 0 bridgehead atoms. The molecule has 0 radical (unpaired) electrons. The number of rotatable bonds is 5. The lowest BCUT2D eigenvalue weighted by atomic mass is 9.65. The van der Waals surface area contributed by atoms with Crippen LogP contribution in [0, 0.1) is 11.3 Å². The second-order valence-electron chi connectivity index (χ2n) is 8.38. The van der Waals surface area contributed by atoms with E-state index in [0.29, 0.717) is 0 Å². The molecule has 0 N–H and O–H groups in total. The summed E-state index contributed by atoms with van der Waals surface area (Å²) in [7, 11) is 1.68. The van der Waals surface area contributed by atoms with E-state index in [4.69, 9.17) is 4.74 Å². The van der Waals surface area contributed by atoms with Crippen LogP contribution in [-0.4, -0.2) is 7.11 Å². The van der Waals surface area contributed by atoms with Gasteiger partial charge in [0.2, 0.25) is 0 Å². The molecular weight excluding hydrogens is 402 g/mol. The summed E-state index contributed by atoms with van der Waals surface area (Å²) in [6.45, 7) is 0. The third kappa shape index (κ3) is 3.95. The zero-order valence-electron chi connectivity index (χ0n) is 18.6. The van der Waals surface area contributed by atoms with Gasteiger partial charge in [0.25, 0.3) is 0 Å². The Kier molecular flexibility index (Phi) is 5.79. The maximum Gasteiger partial charge on any atom is 0.118 e. The van der Waals surface area contributed by atoms with Crippen molar-refractivity contribution in [3.8, 4) is 22.9 Å². The molecule has 5 rings (SSSR count). The molecule has 0 saturated carbocycles. The van der Waals surface area contributed by atoms with E-state index >= 15 is 0 Å². The van der Waals surface area contributed by atoms with E-state index in [2.05, 4.69) is 97.1 Å². The highest BCUT2D eigenvalue weighted by Crippen LogP contribution is 2.52. The quantitative estimate of drug-likeness (QED) is 0.329. The normalized spacial score (nSPS) is 17.6. The molecule has 0 amide bonds. The van der Waals surface area contributed by atoms with Crippen LogP contribution in [0.4, 0.5) is 0 Å². The van der Waals surface area contributed by atoms with E-state index in [0.717, 1.165) is 16.9 Å². The molecule has 3 atom stereocenters. The number of nitriles is 1. The monoisotopic (exact) mass is 427 g/mol. The molecule has 4 aromatic rings. The SMILES string of the molecule is COc1ccc(/C=C/[C@@H](c2ccccc2)[C@H]2c3ccccc3-c3ccccc3[C@@H]2C#N)cc1. The van der Waals surface area contributed by atoms with Crippen LogP contribution in [-0.2, 0) is 0 Å². The highest BCUT2D eigenvalue weighted by Gasteiger charge is 2.38. The summed E-state index contributed by atoms with van der Waals surface area (Å²) >= 11 is 0. The Hall–Kier alpha value is -4.09. The molecule has 33 heavy (non-hydrogen) atoms. The Morgan fingerprint density at radius 2 is 1.36 bits per heavy atom. The van der Waals surface area contributed by atoms with Crippen LogP contribution >= 0.6 is 0 Å². The molecular formula is C31H25NO. The average molecular weight is 428 g/mol. The fraction of sp³-hybridized carbons (Fsp3) is 0.129. The van der Waals surface area contributed by atoms with Crippen LogP contribution in [0.25, 0.3) is 17.2 Å². The molecule has 0 unspecified atom stereocenters. The highest BCUT2D eigenvalue weighted by molar-refractivity contribution is 5.76. The molecule has 2 nitrogen and oxygen atoms in total. The number of nitrogens with zero attached hydrogens (tertiary/aromatic N) is 1. The van der Waals surface area contributed by atoms with E-state index in [1.54, 1.807) is 7.11 Å². The van der Waals surface area contributed by atoms with Crippen molar-refractivity contribution >= 4 is 6.08 Å². The summed E-state index contributed by atoms with van der Waals surface area (Å²) in [5.74, 6) is 0.668. The van der Waals surface area contributed by atoms with Gasteiger partial charge in [-0.2, -0.15) is 5.26 Å². The zero-order chi connectivity index (χ0) is 22.6. The number of benzene rings is 4. The van der Waals surface area contributed by atoms with Gasteiger partial charge in [-0.3, -0.25) is 0 Å². The summed E-state index contributed by atoms with van der Waals surface area (Å²) < 4.78 is 5.30. The summed E-state index contributed by atoms with van der Waals surface area (Å²) in [5, 5.41) is 10.4. The van der Waals surface area contributed by atoms with Gasteiger partial charge in [0.1, 0.15) is 5.75 Å². The molecule has 0 aliphatic heterocycles. The topological polar surface area (TPSA) is 33.0 Å². The first kappa shape index (κ1) is 20.8. The van der Waals surface area contributed by atoms with Crippen molar-refractivity contribution < 1.29 is 4.74 Å². The Balaban J connectivity index is 1.65. The number of allylic oxidation sites excluding steroid dienone is 1. The second-order valence-corrected chi connectivity index (χ2v) is 8.38. The molecule has 0 saturated heterocycles. The molecule has 0 fully saturated rings. The molecule has 2 heteroatoms. The van der Waals surface area contributed by atoms with Crippen molar-refractivity contribution in [1.82, 2.24) is 0 Å². The van der Waals surface area contributed by atoms with Crippen molar-refractivity contribution in [1.29, 1.82) is 5.26 Å². The van der Waals surface area contributed by atoms with Crippen LogP contribution in [0.3, 0.4) is 0 Å². The van der Waals surface area contributed by atoms with Crippen molar-refractivity contribution in [2.24, 2.45) is 0 Å². The van der Waals surface area contributed by atoms with E-state index in [-0.39, 0.29) is 17.8 Å². The van der Waals surface area contributed by atoms with Gasteiger partial charge >= 0.3 is 0 Å². The van der Waals surface area contributed by atoms with Crippen molar-refractivity contribution in [3.63, 3.8) is 0 Å². The Morgan fingerprint density at radius 1 is 0.758 bits per heavy atom. The number of hydrogen-bond acceptors (Lipinski definition) is 2. The molecule has 1 aliphatic rings. The predicted molar refractivity (Wildman–Crippen MR) is 134 cm³/mol. The van der Waals surface area contributed by atoms with Gasteiger partial charge < -0.3 is 4.74 Å². The van der Waals surface area contributed by atoms with Crippen LogP contribution < -0.4 is 4.74 Å². The van der Waals surface area contributed by atoms with E-state index in [9.17, 15) is 5.26 Å². The Morgan fingerprint density at radius 3 is 2.03 bits per heavy atom. The van der Waals surface area contributed by atoms with Crippen LogP contribution in [0.15, 0.2) is 109 Å². The maximum atomic E-state index is 10.4. The van der Waals surface area contributed by atoms with Gasteiger partial charge in [-0.1, -0.05) is 103 Å². The van der Waals surface area contributed by atoms with E-state index in [1.807, 2.05) is 24.3 Å².